The van der Waals surface area contributed by atoms with Gasteiger partial charge in [0.05, 0.1) is 16.5 Å². The second kappa shape index (κ2) is 15.4. The van der Waals surface area contributed by atoms with E-state index >= 15 is 0 Å². The third-order valence-corrected chi connectivity index (χ3v) is 15.4. The van der Waals surface area contributed by atoms with Gasteiger partial charge >= 0.3 is 0 Å². The topological polar surface area (TPSA) is 3.24 Å². The molecular weight excluding hydrogens is 831 g/mol. The van der Waals surface area contributed by atoms with E-state index in [1.807, 2.05) is 0 Å². The number of nitrogens with zero attached hydrogens (tertiary/aromatic N) is 1. The lowest BCUT2D eigenvalue weighted by Crippen LogP contribution is -2.43. The molecule has 3 aliphatic carbocycles. The van der Waals surface area contributed by atoms with Gasteiger partial charge in [-0.25, -0.2) is 0 Å². The second-order valence-electron chi connectivity index (χ2n) is 18.7. The van der Waals surface area contributed by atoms with Crippen molar-refractivity contribution >= 4 is 17.1 Å². The molecule has 69 heavy (non-hydrogen) atoms. The Labute approximate surface area is 403 Å². The standard InChI is InChI=1S/C68H45N/c1-3-19-46(20-4-1)47-35-37-49(38-36-47)53-23-10-18-34-66(53)69(51-21-5-2-6-22-51)52-42-39-48(40-43-52)50-41-44-61-57(45-50)56-26-9-13-29-60(56)68(61)64-32-16-14-30-62(64)67(63-31-15-17-33-65(63)68)58-27-11-7-24-54(58)55-25-8-12-28-59(55)67/h1-45H. The molecule has 0 saturated heterocycles. The first-order chi connectivity index (χ1) is 34.2. The Bertz CT molecular complexity index is 3680. The second-order valence-corrected chi connectivity index (χ2v) is 18.7. The van der Waals surface area contributed by atoms with Crippen molar-refractivity contribution in [2.24, 2.45) is 0 Å². The summed E-state index contributed by atoms with van der Waals surface area (Å²) in [5.41, 5.74) is 25.6. The number of benzene rings is 11. The van der Waals surface area contributed by atoms with Crippen LogP contribution in [0.1, 0.15) is 44.5 Å². The van der Waals surface area contributed by atoms with Gasteiger partial charge in [0.2, 0.25) is 0 Å². The molecule has 0 fully saturated rings. The zero-order chi connectivity index (χ0) is 45.5. The van der Waals surface area contributed by atoms with Crippen LogP contribution in [0, 0.1) is 0 Å². The number of anilines is 3. The highest BCUT2D eigenvalue weighted by Gasteiger charge is 2.58. The fraction of sp³-hybridized carbons (Fsp3) is 0.0294. The Morgan fingerprint density at radius 2 is 0.536 bits per heavy atom. The molecule has 2 spiro atoms. The Hall–Kier alpha value is -8.78. The Balaban J connectivity index is 0.898. The maximum Gasteiger partial charge on any atom is 0.0720 e. The van der Waals surface area contributed by atoms with E-state index in [1.54, 1.807) is 0 Å². The van der Waals surface area contributed by atoms with Crippen molar-refractivity contribution in [3.8, 4) is 55.6 Å². The average Bonchev–Trinajstić information content (AvgIpc) is 3.89. The molecule has 0 heterocycles. The molecule has 322 valence electrons. The van der Waals surface area contributed by atoms with E-state index in [1.165, 1.54) is 100 Å². The summed E-state index contributed by atoms with van der Waals surface area (Å²) in [5.74, 6) is 0. The van der Waals surface area contributed by atoms with Gasteiger partial charge in [0, 0.05) is 16.9 Å². The summed E-state index contributed by atoms with van der Waals surface area (Å²) in [6.45, 7) is 0. The minimum absolute atomic E-state index is 0.452. The minimum atomic E-state index is -0.509. The van der Waals surface area contributed by atoms with Crippen LogP contribution < -0.4 is 4.90 Å². The molecule has 0 aromatic heterocycles. The molecule has 0 aliphatic heterocycles. The quantitative estimate of drug-likeness (QED) is 0.161. The summed E-state index contributed by atoms with van der Waals surface area (Å²) in [7, 11) is 0. The lowest BCUT2D eigenvalue weighted by molar-refractivity contribution is 0.633. The van der Waals surface area contributed by atoms with Crippen LogP contribution in [0.15, 0.2) is 273 Å². The fourth-order valence-electron chi connectivity index (χ4n) is 12.6. The lowest BCUT2D eigenvalue weighted by Gasteiger charge is -2.48. The van der Waals surface area contributed by atoms with Gasteiger partial charge in [-0.1, -0.05) is 237 Å². The van der Waals surface area contributed by atoms with Crippen LogP contribution in [0.25, 0.3) is 55.6 Å². The molecule has 0 amide bonds. The van der Waals surface area contributed by atoms with Gasteiger partial charge in [0.25, 0.3) is 0 Å². The Morgan fingerprint density at radius 1 is 0.203 bits per heavy atom. The number of hydrogen-bond donors (Lipinski definition) is 0. The van der Waals surface area contributed by atoms with E-state index in [2.05, 4.69) is 278 Å². The van der Waals surface area contributed by atoms with Crippen molar-refractivity contribution < 1.29 is 0 Å². The molecule has 0 atom stereocenters. The van der Waals surface area contributed by atoms with Crippen molar-refractivity contribution in [2.45, 2.75) is 10.8 Å². The van der Waals surface area contributed by atoms with Crippen molar-refractivity contribution in [1.82, 2.24) is 0 Å². The zero-order valence-corrected chi connectivity index (χ0v) is 37.9. The first kappa shape index (κ1) is 39.4. The van der Waals surface area contributed by atoms with E-state index in [0.29, 0.717) is 0 Å². The Kier molecular flexibility index (Phi) is 8.78. The highest BCUT2D eigenvalue weighted by Crippen LogP contribution is 2.67. The molecule has 0 saturated carbocycles. The highest BCUT2D eigenvalue weighted by molar-refractivity contribution is 5.95. The summed E-state index contributed by atoms with van der Waals surface area (Å²) in [5, 5.41) is 0. The molecule has 1 heteroatoms. The zero-order valence-electron chi connectivity index (χ0n) is 37.9. The first-order valence-corrected chi connectivity index (χ1v) is 24.1. The van der Waals surface area contributed by atoms with Crippen LogP contribution in [0.4, 0.5) is 17.1 Å². The van der Waals surface area contributed by atoms with Gasteiger partial charge < -0.3 is 4.90 Å². The lowest BCUT2D eigenvalue weighted by atomic mass is 9.52. The summed E-state index contributed by atoms with van der Waals surface area (Å²) in [6, 6.07) is 102. The first-order valence-electron chi connectivity index (χ1n) is 24.1. The van der Waals surface area contributed by atoms with Gasteiger partial charge in [0.1, 0.15) is 0 Å². The summed E-state index contributed by atoms with van der Waals surface area (Å²) in [4.78, 5) is 2.39. The smallest absolute Gasteiger partial charge is 0.0720 e. The van der Waals surface area contributed by atoms with Crippen LogP contribution in [0.3, 0.4) is 0 Å². The predicted molar refractivity (Wildman–Crippen MR) is 286 cm³/mol. The molecule has 0 radical (unpaired) electrons. The highest BCUT2D eigenvalue weighted by atomic mass is 15.1. The minimum Gasteiger partial charge on any atom is -0.310 e. The molecule has 0 unspecified atom stereocenters. The van der Waals surface area contributed by atoms with Gasteiger partial charge in [-0.15, -0.1) is 0 Å². The van der Waals surface area contributed by atoms with Gasteiger partial charge in [-0.3, -0.25) is 0 Å². The van der Waals surface area contributed by atoms with Gasteiger partial charge in [-0.05, 0) is 131 Å². The van der Waals surface area contributed by atoms with Crippen molar-refractivity contribution in [1.29, 1.82) is 0 Å². The van der Waals surface area contributed by atoms with Crippen LogP contribution in [-0.4, -0.2) is 0 Å². The van der Waals surface area contributed by atoms with Crippen LogP contribution >= 0.6 is 0 Å². The van der Waals surface area contributed by atoms with Crippen LogP contribution in [-0.2, 0) is 10.8 Å². The molecule has 0 N–H and O–H groups in total. The maximum atomic E-state index is 2.46. The van der Waals surface area contributed by atoms with E-state index in [4.69, 9.17) is 0 Å². The summed E-state index contributed by atoms with van der Waals surface area (Å²) >= 11 is 0. The normalized spacial score (nSPS) is 13.7. The van der Waals surface area contributed by atoms with Crippen molar-refractivity contribution in [2.75, 3.05) is 4.90 Å². The number of para-hydroxylation sites is 2. The third kappa shape index (κ3) is 5.59. The average molecular weight is 876 g/mol. The van der Waals surface area contributed by atoms with Crippen LogP contribution in [0.2, 0.25) is 0 Å². The summed E-state index contributed by atoms with van der Waals surface area (Å²) in [6.07, 6.45) is 0. The fourth-order valence-corrected chi connectivity index (χ4v) is 12.6. The maximum absolute atomic E-state index is 2.46. The number of hydrogen-bond acceptors (Lipinski definition) is 1. The summed E-state index contributed by atoms with van der Waals surface area (Å²) < 4.78 is 0. The van der Waals surface area contributed by atoms with Gasteiger partial charge in [0.15, 0.2) is 0 Å². The molecule has 14 rings (SSSR count). The molecule has 3 aliphatic rings. The van der Waals surface area contributed by atoms with Gasteiger partial charge in [-0.2, -0.15) is 0 Å². The van der Waals surface area contributed by atoms with E-state index in [0.717, 1.165) is 17.1 Å². The molecular formula is C68H45N. The molecule has 11 aromatic rings. The third-order valence-electron chi connectivity index (χ3n) is 15.4. The monoisotopic (exact) mass is 875 g/mol. The van der Waals surface area contributed by atoms with Crippen molar-refractivity contribution in [3.63, 3.8) is 0 Å². The Morgan fingerprint density at radius 3 is 1.07 bits per heavy atom. The number of rotatable bonds is 6. The molecule has 0 bridgehead atoms. The van der Waals surface area contributed by atoms with Crippen molar-refractivity contribution in [3.05, 3.63) is 317 Å². The van der Waals surface area contributed by atoms with E-state index in [9.17, 15) is 0 Å². The number of fused-ring (bicyclic) bond motifs is 16. The van der Waals surface area contributed by atoms with Crippen LogP contribution in [0.5, 0.6) is 0 Å². The predicted octanol–water partition coefficient (Wildman–Crippen LogP) is 17.2. The SMILES string of the molecule is c1ccc(-c2ccc(-c3ccccc3N(c3ccccc3)c3ccc(-c4ccc5c(c4)-c4ccccc4C54c5ccccc5C5(c6ccccc6-c6ccccc65)c5ccccc54)cc3)cc2)cc1. The van der Waals surface area contributed by atoms with E-state index in [-0.39, 0.29) is 0 Å². The van der Waals surface area contributed by atoms with E-state index < -0.39 is 10.8 Å². The molecule has 11 aromatic carbocycles. The molecule has 1 nitrogen and oxygen atoms in total. The largest absolute Gasteiger partial charge is 0.310 e.